The molecule has 0 saturated heterocycles. The second-order valence-electron chi connectivity index (χ2n) is 5.84. The van der Waals surface area contributed by atoms with Gasteiger partial charge in [0.25, 0.3) is 0 Å². The first kappa shape index (κ1) is 20.6. The molecule has 0 aromatic heterocycles. The summed E-state index contributed by atoms with van der Waals surface area (Å²) in [6, 6.07) is 18.6. The molecule has 0 spiro atoms. The molecule has 0 aliphatic heterocycles. The lowest BCUT2D eigenvalue weighted by atomic mass is 10.2. The molecule has 0 N–H and O–H groups in total. The van der Waals surface area contributed by atoms with Crippen LogP contribution < -0.4 is 0 Å². The van der Waals surface area contributed by atoms with E-state index in [1.807, 2.05) is 36.4 Å². The maximum Gasteiger partial charge on any atom is 0.302 e. The van der Waals surface area contributed by atoms with E-state index in [2.05, 4.69) is 0 Å². The highest BCUT2D eigenvalue weighted by atomic mass is 32.2. The maximum absolute atomic E-state index is 12.7. The SMILES string of the molecule is CC(=O)OC/C=C\CN(Cc1ccccc1)C(=O)CS(=O)c1ccccc1. The van der Waals surface area contributed by atoms with E-state index >= 15 is 0 Å². The van der Waals surface area contributed by atoms with Gasteiger partial charge in [0.15, 0.2) is 0 Å². The Morgan fingerprint density at radius 2 is 1.63 bits per heavy atom. The number of nitrogens with zero attached hydrogens (tertiary/aromatic N) is 1. The fourth-order valence-corrected chi connectivity index (χ4v) is 3.39. The third-order valence-corrected chi connectivity index (χ3v) is 5.01. The molecule has 27 heavy (non-hydrogen) atoms. The minimum absolute atomic E-state index is 0.0748. The molecule has 0 radical (unpaired) electrons. The van der Waals surface area contributed by atoms with Crippen LogP contribution in [0.3, 0.4) is 0 Å². The lowest BCUT2D eigenvalue weighted by molar-refractivity contribution is -0.139. The Labute approximate surface area is 162 Å². The van der Waals surface area contributed by atoms with E-state index in [1.54, 1.807) is 41.3 Å². The van der Waals surface area contributed by atoms with Crippen molar-refractivity contribution in [2.45, 2.75) is 18.4 Å². The third kappa shape index (κ3) is 7.58. The van der Waals surface area contributed by atoms with Gasteiger partial charge >= 0.3 is 5.97 Å². The highest BCUT2D eigenvalue weighted by Crippen LogP contribution is 2.09. The third-order valence-electron chi connectivity index (χ3n) is 3.70. The van der Waals surface area contributed by atoms with Crippen molar-refractivity contribution < 1.29 is 18.5 Å². The molecule has 0 aliphatic rings. The number of rotatable bonds is 9. The molecule has 2 aromatic rings. The highest BCUT2D eigenvalue weighted by molar-refractivity contribution is 7.85. The van der Waals surface area contributed by atoms with Crippen molar-refractivity contribution in [3.63, 3.8) is 0 Å². The molecule has 6 heteroatoms. The van der Waals surface area contributed by atoms with Crippen LogP contribution in [0.2, 0.25) is 0 Å². The van der Waals surface area contributed by atoms with Crippen molar-refractivity contribution in [1.29, 1.82) is 0 Å². The minimum atomic E-state index is -1.39. The van der Waals surface area contributed by atoms with Crippen LogP contribution in [0.4, 0.5) is 0 Å². The van der Waals surface area contributed by atoms with E-state index in [4.69, 9.17) is 4.74 Å². The van der Waals surface area contributed by atoms with Gasteiger partial charge in [-0.05, 0) is 23.8 Å². The van der Waals surface area contributed by atoms with Crippen LogP contribution in [0.15, 0.2) is 77.7 Å². The van der Waals surface area contributed by atoms with E-state index < -0.39 is 10.8 Å². The van der Waals surface area contributed by atoms with Crippen molar-refractivity contribution in [1.82, 2.24) is 4.90 Å². The topological polar surface area (TPSA) is 63.7 Å². The molecule has 5 nitrogen and oxygen atoms in total. The molecule has 0 aliphatic carbocycles. The van der Waals surface area contributed by atoms with E-state index in [0.29, 0.717) is 18.0 Å². The van der Waals surface area contributed by atoms with Gasteiger partial charge in [0.1, 0.15) is 12.4 Å². The maximum atomic E-state index is 12.7. The Hall–Kier alpha value is -2.73. The highest BCUT2D eigenvalue weighted by Gasteiger charge is 2.17. The molecule has 0 saturated carbocycles. The summed E-state index contributed by atoms with van der Waals surface area (Å²) in [4.78, 5) is 25.8. The fourth-order valence-electron chi connectivity index (χ4n) is 2.35. The lowest BCUT2D eigenvalue weighted by Crippen LogP contribution is -2.34. The summed E-state index contributed by atoms with van der Waals surface area (Å²) in [7, 11) is -1.39. The summed E-state index contributed by atoms with van der Waals surface area (Å²) in [5.41, 5.74) is 0.990. The van der Waals surface area contributed by atoms with Crippen LogP contribution in [-0.4, -0.2) is 39.9 Å². The van der Waals surface area contributed by atoms with E-state index in [0.717, 1.165) is 5.56 Å². The van der Waals surface area contributed by atoms with Gasteiger partial charge in [0.05, 0.1) is 10.8 Å². The lowest BCUT2D eigenvalue weighted by Gasteiger charge is -2.21. The zero-order chi connectivity index (χ0) is 19.5. The van der Waals surface area contributed by atoms with Crippen LogP contribution >= 0.6 is 0 Å². The van der Waals surface area contributed by atoms with Gasteiger partial charge in [-0.3, -0.25) is 13.8 Å². The number of carbonyl (C=O) groups is 2. The summed E-state index contributed by atoms with van der Waals surface area (Å²) in [5, 5.41) is 0. The first-order chi connectivity index (χ1) is 13.1. The normalized spacial score (nSPS) is 11.9. The van der Waals surface area contributed by atoms with Crippen molar-refractivity contribution in [3.8, 4) is 0 Å². The first-order valence-corrected chi connectivity index (χ1v) is 9.91. The van der Waals surface area contributed by atoms with Gasteiger partial charge in [0.2, 0.25) is 5.91 Å². The average molecular weight is 385 g/mol. The number of benzene rings is 2. The molecule has 1 unspecified atom stereocenters. The Morgan fingerprint density at radius 1 is 1.00 bits per heavy atom. The molecule has 2 rings (SSSR count). The number of carbonyl (C=O) groups excluding carboxylic acids is 2. The minimum Gasteiger partial charge on any atom is -0.462 e. The van der Waals surface area contributed by atoms with Gasteiger partial charge in [-0.25, -0.2) is 0 Å². The first-order valence-electron chi connectivity index (χ1n) is 8.59. The zero-order valence-corrected chi connectivity index (χ0v) is 16.1. The number of amides is 1. The van der Waals surface area contributed by atoms with Crippen molar-refractivity contribution >= 4 is 22.7 Å². The van der Waals surface area contributed by atoms with Crippen molar-refractivity contribution in [2.75, 3.05) is 18.9 Å². The molecule has 0 fully saturated rings. The molecule has 0 bridgehead atoms. The van der Waals surface area contributed by atoms with Gasteiger partial charge in [-0.1, -0.05) is 54.6 Å². The molecular weight excluding hydrogens is 362 g/mol. The molecule has 1 amide bonds. The Balaban J connectivity index is 2.02. The van der Waals surface area contributed by atoms with E-state index in [9.17, 15) is 13.8 Å². The van der Waals surface area contributed by atoms with Crippen LogP contribution in [0.5, 0.6) is 0 Å². The summed E-state index contributed by atoms with van der Waals surface area (Å²) >= 11 is 0. The number of ether oxygens (including phenoxy) is 1. The Bertz CT molecular complexity index is 790. The predicted octanol–water partition coefficient (Wildman–Crippen LogP) is 2.94. The van der Waals surface area contributed by atoms with Crippen molar-refractivity contribution in [3.05, 3.63) is 78.4 Å². The van der Waals surface area contributed by atoms with Gasteiger partial charge in [0, 0.05) is 24.9 Å². The van der Waals surface area contributed by atoms with Crippen LogP contribution in [0.25, 0.3) is 0 Å². The standard InChI is InChI=1S/C21H23NO4S/c1-18(23)26-15-9-8-14-22(16-19-10-4-2-5-11-19)21(24)17-27(25)20-12-6-3-7-13-20/h2-13H,14-17H2,1H3/b9-8-. The number of hydrogen-bond donors (Lipinski definition) is 0. The second kappa shape index (κ2) is 11.1. The molecular formula is C21H23NO4S. The average Bonchev–Trinajstić information content (AvgIpc) is 2.68. The van der Waals surface area contributed by atoms with Gasteiger partial charge < -0.3 is 9.64 Å². The van der Waals surface area contributed by atoms with E-state index in [-0.39, 0.29) is 24.2 Å². The van der Waals surface area contributed by atoms with Crippen LogP contribution in [0.1, 0.15) is 12.5 Å². The smallest absolute Gasteiger partial charge is 0.302 e. The molecule has 1 atom stereocenters. The van der Waals surface area contributed by atoms with Crippen LogP contribution in [0, 0.1) is 0 Å². The van der Waals surface area contributed by atoms with Gasteiger partial charge in [-0.15, -0.1) is 0 Å². The summed E-state index contributed by atoms with van der Waals surface area (Å²) in [6.45, 7) is 2.28. The predicted molar refractivity (Wildman–Crippen MR) is 105 cm³/mol. The van der Waals surface area contributed by atoms with Crippen molar-refractivity contribution in [2.24, 2.45) is 0 Å². The number of esters is 1. The summed E-state index contributed by atoms with van der Waals surface area (Å²) in [5.74, 6) is -0.623. The quantitative estimate of drug-likeness (QED) is 0.492. The molecule has 142 valence electrons. The summed E-state index contributed by atoms with van der Waals surface area (Å²) in [6.07, 6.45) is 3.47. The molecule has 2 aromatic carbocycles. The van der Waals surface area contributed by atoms with Gasteiger partial charge in [-0.2, -0.15) is 0 Å². The number of hydrogen-bond acceptors (Lipinski definition) is 4. The second-order valence-corrected chi connectivity index (χ2v) is 7.29. The zero-order valence-electron chi connectivity index (χ0n) is 15.2. The molecule has 0 heterocycles. The largest absolute Gasteiger partial charge is 0.462 e. The summed E-state index contributed by atoms with van der Waals surface area (Å²) < 4.78 is 17.3. The fraction of sp³-hybridized carbons (Fsp3) is 0.238. The Kier molecular flexibility index (Phi) is 8.45. The monoisotopic (exact) mass is 385 g/mol. The van der Waals surface area contributed by atoms with E-state index in [1.165, 1.54) is 6.92 Å². The van der Waals surface area contributed by atoms with Crippen LogP contribution in [-0.2, 0) is 31.7 Å². The Morgan fingerprint density at radius 3 is 2.26 bits per heavy atom.